The van der Waals surface area contributed by atoms with E-state index < -0.39 is 16.7 Å². The number of hydrogen-bond acceptors (Lipinski definition) is 7. The molecule has 31 heavy (non-hydrogen) atoms. The topological polar surface area (TPSA) is 136 Å². The van der Waals surface area contributed by atoms with Crippen molar-refractivity contribution in [3.8, 4) is 5.75 Å². The number of primary amides is 1. The molecule has 0 unspecified atom stereocenters. The SMILES string of the molecule is NC(=O)c1c(NCc2ccc(O)cc2)n[nH]c1Nc1ccc(N2CCS(=O)CC2)cc1. The van der Waals surface area contributed by atoms with Gasteiger partial charge in [0.1, 0.15) is 17.1 Å². The monoisotopic (exact) mass is 440 g/mol. The van der Waals surface area contributed by atoms with Crippen molar-refractivity contribution in [2.24, 2.45) is 5.73 Å². The number of H-pyrrole nitrogens is 1. The van der Waals surface area contributed by atoms with E-state index in [2.05, 4.69) is 25.7 Å². The fourth-order valence-electron chi connectivity index (χ4n) is 3.40. The summed E-state index contributed by atoms with van der Waals surface area (Å²) in [5, 5.41) is 22.6. The normalized spacial score (nSPS) is 14.4. The van der Waals surface area contributed by atoms with Gasteiger partial charge in [0.05, 0.1) is 0 Å². The Kier molecular flexibility index (Phi) is 6.08. The highest BCUT2D eigenvalue weighted by atomic mass is 32.2. The molecule has 0 radical (unpaired) electrons. The summed E-state index contributed by atoms with van der Waals surface area (Å²) in [6.07, 6.45) is 0. The molecule has 0 saturated carbocycles. The molecule has 0 spiro atoms. The number of hydrogen-bond donors (Lipinski definition) is 5. The van der Waals surface area contributed by atoms with Crippen molar-refractivity contribution in [2.75, 3.05) is 40.1 Å². The second-order valence-corrected chi connectivity index (χ2v) is 8.91. The molecular formula is C21H24N6O3S. The van der Waals surface area contributed by atoms with E-state index >= 15 is 0 Å². The zero-order valence-electron chi connectivity index (χ0n) is 16.8. The molecule has 0 aliphatic carbocycles. The third kappa shape index (κ3) is 4.97. The van der Waals surface area contributed by atoms with Gasteiger partial charge in [0.15, 0.2) is 5.82 Å². The van der Waals surface area contributed by atoms with Gasteiger partial charge in [-0.1, -0.05) is 12.1 Å². The number of phenolic OH excluding ortho intramolecular Hbond substituents is 1. The highest BCUT2D eigenvalue weighted by molar-refractivity contribution is 7.85. The van der Waals surface area contributed by atoms with E-state index in [9.17, 15) is 14.1 Å². The van der Waals surface area contributed by atoms with Crippen LogP contribution in [0.2, 0.25) is 0 Å². The third-order valence-electron chi connectivity index (χ3n) is 5.09. The molecule has 2 aromatic carbocycles. The number of benzene rings is 2. The van der Waals surface area contributed by atoms with E-state index in [4.69, 9.17) is 5.73 Å². The van der Waals surface area contributed by atoms with Crippen LogP contribution < -0.4 is 21.3 Å². The van der Waals surface area contributed by atoms with Crippen LogP contribution in [0.5, 0.6) is 5.75 Å². The van der Waals surface area contributed by atoms with Gasteiger partial charge in [0.25, 0.3) is 5.91 Å². The summed E-state index contributed by atoms with van der Waals surface area (Å²) < 4.78 is 11.5. The standard InChI is InChI=1S/C21H24N6O3S/c22-19(29)18-20(23-13-14-1-7-17(28)8-2-14)25-26-21(18)24-15-3-5-16(6-4-15)27-9-11-31(30)12-10-27/h1-8,28H,9-13H2,(H2,22,29)(H3,23,24,25,26). The van der Waals surface area contributed by atoms with E-state index in [0.29, 0.717) is 29.7 Å². The number of phenols is 1. The summed E-state index contributed by atoms with van der Waals surface area (Å²) in [5.41, 5.74) is 8.59. The lowest BCUT2D eigenvalue weighted by molar-refractivity contribution is 0.100. The van der Waals surface area contributed by atoms with Crippen LogP contribution in [-0.4, -0.2) is 50.0 Å². The zero-order chi connectivity index (χ0) is 21.8. The summed E-state index contributed by atoms with van der Waals surface area (Å²) in [5.74, 6) is 1.71. The molecule has 1 fully saturated rings. The Labute approximate surface area is 182 Å². The van der Waals surface area contributed by atoms with Crippen LogP contribution in [-0.2, 0) is 17.3 Å². The molecule has 3 aromatic rings. The number of carbonyl (C=O) groups is 1. The maximum atomic E-state index is 12.1. The van der Waals surface area contributed by atoms with Gasteiger partial charge in [-0.25, -0.2) is 0 Å². The van der Waals surface area contributed by atoms with Crippen molar-refractivity contribution in [2.45, 2.75) is 6.54 Å². The minimum atomic E-state index is -0.712. The van der Waals surface area contributed by atoms with Gasteiger partial charge in [0.2, 0.25) is 0 Å². The molecule has 9 nitrogen and oxygen atoms in total. The first-order valence-corrected chi connectivity index (χ1v) is 11.4. The molecule has 0 atom stereocenters. The lowest BCUT2D eigenvalue weighted by Gasteiger charge is -2.28. The molecule has 2 heterocycles. The fraction of sp³-hybridized carbons (Fsp3) is 0.238. The maximum Gasteiger partial charge on any atom is 0.256 e. The molecular weight excluding hydrogens is 416 g/mol. The highest BCUT2D eigenvalue weighted by Gasteiger charge is 2.19. The summed E-state index contributed by atoms with van der Waals surface area (Å²) in [6, 6.07) is 14.5. The number of aromatic hydroxyl groups is 1. The van der Waals surface area contributed by atoms with Crippen LogP contribution >= 0.6 is 0 Å². The van der Waals surface area contributed by atoms with Gasteiger partial charge in [-0.3, -0.25) is 14.1 Å². The van der Waals surface area contributed by atoms with Gasteiger partial charge in [-0.2, -0.15) is 5.10 Å². The first-order chi connectivity index (χ1) is 15.0. The largest absolute Gasteiger partial charge is 0.508 e. The second kappa shape index (κ2) is 9.09. The van der Waals surface area contributed by atoms with Crippen molar-refractivity contribution in [1.82, 2.24) is 10.2 Å². The Morgan fingerprint density at radius 3 is 2.45 bits per heavy atom. The lowest BCUT2D eigenvalue weighted by Crippen LogP contribution is -2.37. The Morgan fingerprint density at radius 1 is 1.13 bits per heavy atom. The van der Waals surface area contributed by atoms with E-state index in [1.165, 1.54) is 0 Å². The molecule has 1 aromatic heterocycles. The maximum absolute atomic E-state index is 12.1. The minimum Gasteiger partial charge on any atom is -0.508 e. The first-order valence-electron chi connectivity index (χ1n) is 9.86. The average molecular weight is 441 g/mol. The number of anilines is 4. The van der Waals surface area contributed by atoms with Gasteiger partial charge in [0, 0.05) is 53.3 Å². The van der Waals surface area contributed by atoms with Crippen LogP contribution in [0.15, 0.2) is 48.5 Å². The van der Waals surface area contributed by atoms with Crippen LogP contribution in [0.1, 0.15) is 15.9 Å². The smallest absolute Gasteiger partial charge is 0.256 e. The van der Waals surface area contributed by atoms with Gasteiger partial charge >= 0.3 is 0 Å². The number of aromatic nitrogens is 2. The third-order valence-corrected chi connectivity index (χ3v) is 6.36. The average Bonchev–Trinajstić information content (AvgIpc) is 3.17. The lowest BCUT2D eigenvalue weighted by atomic mass is 10.2. The number of nitrogens with zero attached hydrogens (tertiary/aromatic N) is 2. The van der Waals surface area contributed by atoms with Crippen molar-refractivity contribution in [3.63, 3.8) is 0 Å². The Hall–Kier alpha value is -3.53. The van der Waals surface area contributed by atoms with E-state index in [1.807, 2.05) is 24.3 Å². The van der Waals surface area contributed by atoms with Gasteiger partial charge < -0.3 is 26.4 Å². The zero-order valence-corrected chi connectivity index (χ0v) is 17.6. The molecule has 10 heteroatoms. The molecule has 4 rings (SSSR count). The molecule has 1 aliphatic heterocycles. The second-order valence-electron chi connectivity index (χ2n) is 7.21. The molecule has 1 aliphatic rings. The molecule has 162 valence electrons. The summed E-state index contributed by atoms with van der Waals surface area (Å²) >= 11 is 0. The van der Waals surface area contributed by atoms with Crippen molar-refractivity contribution in [3.05, 3.63) is 59.7 Å². The summed E-state index contributed by atoms with van der Waals surface area (Å²) in [6.45, 7) is 1.98. The molecule has 1 saturated heterocycles. The van der Waals surface area contributed by atoms with Crippen LogP contribution in [0.4, 0.5) is 23.0 Å². The molecule has 6 N–H and O–H groups in total. The highest BCUT2D eigenvalue weighted by Crippen LogP contribution is 2.26. The fourth-order valence-corrected chi connectivity index (χ4v) is 4.45. The number of amides is 1. The number of nitrogens with two attached hydrogens (primary N) is 1. The Morgan fingerprint density at radius 2 is 1.81 bits per heavy atom. The van der Waals surface area contributed by atoms with Crippen LogP contribution in [0, 0.1) is 0 Å². The van der Waals surface area contributed by atoms with Crippen molar-refractivity contribution >= 4 is 39.7 Å². The number of aromatic amines is 1. The first kappa shape index (κ1) is 20.7. The van der Waals surface area contributed by atoms with Crippen molar-refractivity contribution < 1.29 is 14.1 Å². The Balaban J connectivity index is 1.45. The quantitative estimate of drug-likeness (QED) is 0.380. The predicted molar refractivity (Wildman–Crippen MR) is 122 cm³/mol. The van der Waals surface area contributed by atoms with Crippen molar-refractivity contribution in [1.29, 1.82) is 0 Å². The minimum absolute atomic E-state index is 0.189. The van der Waals surface area contributed by atoms with E-state index in [0.717, 1.165) is 30.0 Å². The van der Waals surface area contributed by atoms with E-state index in [1.54, 1.807) is 24.3 Å². The molecule has 1 amide bonds. The van der Waals surface area contributed by atoms with Crippen LogP contribution in [0.25, 0.3) is 0 Å². The van der Waals surface area contributed by atoms with Gasteiger partial charge in [-0.15, -0.1) is 0 Å². The molecule has 0 bridgehead atoms. The summed E-state index contributed by atoms with van der Waals surface area (Å²) in [4.78, 5) is 14.3. The van der Waals surface area contributed by atoms with Crippen LogP contribution in [0.3, 0.4) is 0 Å². The van der Waals surface area contributed by atoms with E-state index in [-0.39, 0.29) is 11.3 Å². The number of carbonyl (C=O) groups excluding carboxylic acids is 1. The predicted octanol–water partition coefficient (Wildman–Crippen LogP) is 2.14. The number of rotatable bonds is 7. The Bertz CT molecular complexity index is 1070. The van der Waals surface area contributed by atoms with Gasteiger partial charge in [-0.05, 0) is 42.0 Å². The number of nitrogens with one attached hydrogen (secondary N) is 3. The summed E-state index contributed by atoms with van der Waals surface area (Å²) in [7, 11) is -0.712.